The van der Waals surface area contributed by atoms with E-state index in [2.05, 4.69) is 10.3 Å². The van der Waals surface area contributed by atoms with Crippen LogP contribution in [0.15, 0.2) is 35.4 Å². The van der Waals surface area contributed by atoms with Crippen LogP contribution in [0.1, 0.15) is 29.9 Å². The number of amides is 1. The summed E-state index contributed by atoms with van der Waals surface area (Å²) in [6.07, 6.45) is 1.63. The van der Waals surface area contributed by atoms with Crippen LogP contribution in [0.2, 0.25) is 0 Å². The van der Waals surface area contributed by atoms with Gasteiger partial charge in [-0.1, -0.05) is 13.8 Å². The second-order valence-corrected chi connectivity index (χ2v) is 7.20. The molecule has 1 heterocycles. The van der Waals surface area contributed by atoms with Gasteiger partial charge in [0.2, 0.25) is 10.0 Å². The molecule has 0 atom stereocenters. The first kappa shape index (κ1) is 18.0. The number of rotatable bonds is 6. The average molecular weight is 351 g/mol. The molecule has 1 aromatic heterocycles. The highest BCUT2D eigenvalue weighted by Gasteiger charge is 2.23. The topological polar surface area (TPSA) is 102 Å². The first-order valence-corrected chi connectivity index (χ1v) is 9.03. The average Bonchev–Trinajstić information content (AvgIpc) is 2.96. The summed E-state index contributed by atoms with van der Waals surface area (Å²) in [5, 5.41) is 12.5. The molecular weight excluding hydrogens is 330 g/mol. The molecule has 2 rings (SSSR count). The lowest BCUT2D eigenvalue weighted by atomic mass is 10.2. The van der Waals surface area contributed by atoms with Crippen LogP contribution in [0.3, 0.4) is 0 Å². The Balaban J connectivity index is 2.36. The Morgan fingerprint density at radius 3 is 2.46 bits per heavy atom. The summed E-state index contributed by atoms with van der Waals surface area (Å²) in [6, 6.07) is 5.58. The van der Waals surface area contributed by atoms with Crippen molar-refractivity contribution in [3.05, 3.63) is 41.7 Å². The van der Waals surface area contributed by atoms with Gasteiger partial charge in [0.1, 0.15) is 11.4 Å². The number of H-pyrrole nitrogens is 1. The summed E-state index contributed by atoms with van der Waals surface area (Å²) in [5.74, 6) is -0.656. The van der Waals surface area contributed by atoms with Crippen LogP contribution in [-0.4, -0.2) is 41.8 Å². The van der Waals surface area contributed by atoms with Gasteiger partial charge >= 0.3 is 0 Å². The lowest BCUT2D eigenvalue weighted by Gasteiger charge is -2.19. The van der Waals surface area contributed by atoms with E-state index in [1.165, 1.54) is 22.5 Å². The number of aromatic nitrogens is 1. The minimum atomic E-state index is -3.68. The monoisotopic (exact) mass is 351 g/mol. The number of anilines is 1. The van der Waals surface area contributed by atoms with Crippen molar-refractivity contribution in [2.45, 2.75) is 25.7 Å². The molecule has 0 spiro atoms. The van der Waals surface area contributed by atoms with Crippen LogP contribution >= 0.6 is 0 Å². The van der Waals surface area contributed by atoms with Crippen molar-refractivity contribution in [3.8, 4) is 5.75 Å². The normalized spacial score (nSPS) is 11.7. The van der Waals surface area contributed by atoms with Gasteiger partial charge in [-0.2, -0.15) is 4.31 Å². The summed E-state index contributed by atoms with van der Waals surface area (Å²) in [7, 11) is -3.68. The highest BCUT2D eigenvalue weighted by molar-refractivity contribution is 7.89. The van der Waals surface area contributed by atoms with Crippen LogP contribution < -0.4 is 5.32 Å². The fourth-order valence-corrected chi connectivity index (χ4v) is 3.85. The summed E-state index contributed by atoms with van der Waals surface area (Å²) >= 11 is 0. The van der Waals surface area contributed by atoms with E-state index in [1.807, 2.05) is 0 Å². The van der Waals surface area contributed by atoms with E-state index in [4.69, 9.17) is 0 Å². The zero-order valence-corrected chi connectivity index (χ0v) is 14.6. The van der Waals surface area contributed by atoms with E-state index < -0.39 is 15.9 Å². The molecule has 0 aliphatic carbocycles. The number of nitrogens with one attached hydrogen (secondary N) is 2. The molecule has 8 heteroatoms. The second-order valence-electron chi connectivity index (χ2n) is 5.26. The molecule has 0 radical (unpaired) electrons. The Labute approximate surface area is 141 Å². The number of hydrogen-bond donors (Lipinski definition) is 3. The number of phenols is 1. The molecule has 2 aromatic rings. The maximum Gasteiger partial charge on any atom is 0.272 e. The number of hydrogen-bond acceptors (Lipinski definition) is 4. The van der Waals surface area contributed by atoms with Crippen molar-refractivity contribution in [2.75, 3.05) is 18.4 Å². The standard InChI is InChI=1S/C16H21N3O4S/c1-4-19(5-2)24(22,23)12-6-7-14(20)13(10-12)18-16(21)15-11(3)8-9-17-15/h6-10,17,20H,4-5H2,1-3H3,(H,18,21). The molecular formula is C16H21N3O4S. The number of aromatic amines is 1. The van der Waals surface area contributed by atoms with Crippen molar-refractivity contribution in [1.82, 2.24) is 9.29 Å². The van der Waals surface area contributed by atoms with E-state index in [1.54, 1.807) is 33.0 Å². The molecule has 0 aliphatic heterocycles. The van der Waals surface area contributed by atoms with Crippen LogP contribution in [0.4, 0.5) is 5.69 Å². The lowest BCUT2D eigenvalue weighted by molar-refractivity contribution is 0.102. The number of carbonyl (C=O) groups excluding carboxylic acids is 1. The molecule has 7 nitrogen and oxygen atoms in total. The fourth-order valence-electron chi connectivity index (χ4n) is 2.36. The van der Waals surface area contributed by atoms with Gasteiger partial charge in [0.15, 0.2) is 0 Å². The molecule has 24 heavy (non-hydrogen) atoms. The minimum Gasteiger partial charge on any atom is -0.506 e. The Morgan fingerprint density at radius 1 is 1.25 bits per heavy atom. The van der Waals surface area contributed by atoms with Crippen molar-refractivity contribution >= 4 is 21.6 Å². The van der Waals surface area contributed by atoms with Gasteiger partial charge in [-0.25, -0.2) is 8.42 Å². The summed E-state index contributed by atoms with van der Waals surface area (Å²) in [5.41, 5.74) is 1.15. The van der Waals surface area contributed by atoms with E-state index in [0.29, 0.717) is 18.8 Å². The number of carbonyl (C=O) groups is 1. The van der Waals surface area contributed by atoms with Crippen molar-refractivity contribution < 1.29 is 18.3 Å². The molecule has 0 saturated carbocycles. The van der Waals surface area contributed by atoms with Crippen LogP contribution in [0, 0.1) is 6.92 Å². The van der Waals surface area contributed by atoms with Gasteiger partial charge in [-0.15, -0.1) is 0 Å². The second kappa shape index (κ2) is 7.06. The van der Waals surface area contributed by atoms with Gasteiger partial charge in [0.25, 0.3) is 5.91 Å². The molecule has 1 aromatic carbocycles. The Hall–Kier alpha value is -2.32. The smallest absolute Gasteiger partial charge is 0.272 e. The summed E-state index contributed by atoms with van der Waals surface area (Å²) < 4.78 is 26.4. The van der Waals surface area contributed by atoms with E-state index >= 15 is 0 Å². The third-order valence-electron chi connectivity index (χ3n) is 3.74. The first-order chi connectivity index (χ1) is 11.3. The maximum atomic E-state index is 12.6. The highest BCUT2D eigenvalue weighted by atomic mass is 32.2. The van der Waals surface area contributed by atoms with E-state index in [0.717, 1.165) is 5.56 Å². The molecule has 3 N–H and O–H groups in total. The number of benzene rings is 1. The largest absolute Gasteiger partial charge is 0.506 e. The molecule has 1 amide bonds. The molecule has 0 saturated heterocycles. The van der Waals surface area contributed by atoms with Gasteiger partial charge in [0, 0.05) is 19.3 Å². The number of aromatic hydroxyl groups is 1. The molecule has 0 aliphatic rings. The lowest BCUT2D eigenvalue weighted by Crippen LogP contribution is -2.30. The van der Waals surface area contributed by atoms with E-state index in [9.17, 15) is 18.3 Å². The van der Waals surface area contributed by atoms with Crippen molar-refractivity contribution in [3.63, 3.8) is 0 Å². The number of phenolic OH excluding ortho intramolecular Hbond substituents is 1. The summed E-state index contributed by atoms with van der Waals surface area (Å²) in [4.78, 5) is 15.1. The Morgan fingerprint density at radius 2 is 1.92 bits per heavy atom. The van der Waals surface area contributed by atoms with Gasteiger partial charge in [-0.3, -0.25) is 4.79 Å². The zero-order valence-electron chi connectivity index (χ0n) is 13.8. The Kier molecular flexibility index (Phi) is 5.30. The predicted octanol–water partition coefficient (Wildman–Crippen LogP) is 2.31. The van der Waals surface area contributed by atoms with Crippen LogP contribution in [-0.2, 0) is 10.0 Å². The molecule has 0 fully saturated rings. The van der Waals surface area contributed by atoms with Crippen molar-refractivity contribution in [1.29, 1.82) is 0 Å². The number of aryl methyl sites for hydroxylation is 1. The summed E-state index contributed by atoms with van der Waals surface area (Å²) in [6.45, 7) is 5.94. The fraction of sp³-hybridized carbons (Fsp3) is 0.312. The molecule has 130 valence electrons. The van der Waals surface area contributed by atoms with Gasteiger partial charge < -0.3 is 15.4 Å². The third kappa shape index (κ3) is 3.44. The molecule has 0 unspecified atom stereocenters. The van der Waals surface area contributed by atoms with Crippen molar-refractivity contribution in [2.24, 2.45) is 0 Å². The van der Waals surface area contributed by atoms with Crippen LogP contribution in [0.5, 0.6) is 5.75 Å². The number of sulfonamides is 1. The Bertz CT molecular complexity index is 839. The minimum absolute atomic E-state index is 0.0162. The number of nitrogens with zero attached hydrogens (tertiary/aromatic N) is 1. The highest BCUT2D eigenvalue weighted by Crippen LogP contribution is 2.28. The van der Waals surface area contributed by atoms with Gasteiger partial charge in [-0.05, 0) is 36.8 Å². The molecule has 0 bridgehead atoms. The zero-order chi connectivity index (χ0) is 17.9. The quantitative estimate of drug-likeness (QED) is 0.695. The SMILES string of the molecule is CCN(CC)S(=O)(=O)c1ccc(O)c(NC(=O)c2[nH]ccc2C)c1. The third-order valence-corrected chi connectivity index (χ3v) is 5.79. The van der Waals surface area contributed by atoms with Crippen LogP contribution in [0.25, 0.3) is 0 Å². The van der Waals surface area contributed by atoms with E-state index in [-0.39, 0.29) is 16.3 Å². The maximum absolute atomic E-state index is 12.6. The first-order valence-electron chi connectivity index (χ1n) is 7.59. The van der Waals surface area contributed by atoms with Gasteiger partial charge in [0.05, 0.1) is 10.6 Å². The predicted molar refractivity (Wildman–Crippen MR) is 91.7 cm³/mol.